The summed E-state index contributed by atoms with van der Waals surface area (Å²) in [5.74, 6) is -0.246. The Kier molecular flexibility index (Phi) is 8.58. The van der Waals surface area contributed by atoms with Crippen LogP contribution in [-0.4, -0.2) is 63.3 Å². The van der Waals surface area contributed by atoms with Crippen LogP contribution in [0.15, 0.2) is 60.9 Å². The summed E-state index contributed by atoms with van der Waals surface area (Å²) in [5, 5.41) is 11.0. The number of benzene rings is 2. The molecule has 1 amide bonds. The fourth-order valence-electron chi connectivity index (χ4n) is 5.64. The third kappa shape index (κ3) is 6.67. The zero-order chi connectivity index (χ0) is 35.2. The van der Waals surface area contributed by atoms with Gasteiger partial charge in [0.05, 0.1) is 54.6 Å². The first-order chi connectivity index (χ1) is 23.1. The Morgan fingerprint density at radius 2 is 1.65 bits per heavy atom. The summed E-state index contributed by atoms with van der Waals surface area (Å²) in [7, 11) is 1.21. The molecule has 0 saturated carbocycles. The highest BCUT2D eigenvalue weighted by atomic mass is 19.4. The van der Waals surface area contributed by atoms with Gasteiger partial charge in [0.1, 0.15) is 17.7 Å². The first kappa shape index (κ1) is 33.5. The number of anilines is 1. The fraction of sp³-hybridized carbons (Fsp3) is 0.303. The Balaban J connectivity index is 1.37. The topological polar surface area (TPSA) is 118 Å². The van der Waals surface area contributed by atoms with Crippen molar-refractivity contribution in [1.82, 2.24) is 19.9 Å². The van der Waals surface area contributed by atoms with Crippen LogP contribution in [-0.2, 0) is 28.4 Å². The number of methoxy groups -OCH3 is 1. The molecular weight excluding hydrogens is 660 g/mol. The maximum atomic E-state index is 13.6. The molecule has 10 nitrogen and oxygen atoms in total. The van der Waals surface area contributed by atoms with Gasteiger partial charge in [0.2, 0.25) is 0 Å². The van der Waals surface area contributed by atoms with Crippen molar-refractivity contribution in [3.63, 3.8) is 0 Å². The van der Waals surface area contributed by atoms with E-state index in [1.165, 1.54) is 37.4 Å². The van der Waals surface area contributed by atoms with Gasteiger partial charge < -0.3 is 19.5 Å². The summed E-state index contributed by atoms with van der Waals surface area (Å²) in [4.78, 5) is 41.2. The number of hydrogen-bond acceptors (Lipinski definition) is 9. The van der Waals surface area contributed by atoms with E-state index in [0.717, 1.165) is 19.5 Å². The molecule has 2 saturated heterocycles. The van der Waals surface area contributed by atoms with Crippen molar-refractivity contribution >= 4 is 17.9 Å². The highest BCUT2D eigenvalue weighted by Gasteiger charge is 2.43. The number of aromatic nitrogens is 3. The zero-order valence-corrected chi connectivity index (χ0v) is 25.8. The van der Waals surface area contributed by atoms with Gasteiger partial charge >= 0.3 is 24.4 Å². The molecule has 16 heteroatoms. The predicted octanol–water partition coefficient (Wildman–Crippen LogP) is 7.03. The maximum Gasteiger partial charge on any atom is 0.416 e. The van der Waals surface area contributed by atoms with Gasteiger partial charge in [0, 0.05) is 29.8 Å². The molecule has 0 aliphatic carbocycles. The van der Waals surface area contributed by atoms with Gasteiger partial charge in [-0.1, -0.05) is 0 Å². The largest absolute Gasteiger partial charge is 0.507 e. The number of carbonyl (C=O) groups excluding carboxylic acids is 2. The van der Waals surface area contributed by atoms with Crippen molar-refractivity contribution in [2.45, 2.75) is 44.4 Å². The Hall–Kier alpha value is -5.41. The number of rotatable bonds is 7. The molecular formula is C33H27F6N5O5. The van der Waals surface area contributed by atoms with Crippen LogP contribution in [0.3, 0.4) is 0 Å². The highest BCUT2D eigenvalue weighted by Crippen LogP contribution is 2.42. The van der Waals surface area contributed by atoms with Crippen molar-refractivity contribution in [3.8, 4) is 28.1 Å². The normalized spacial score (nSPS) is 17.9. The van der Waals surface area contributed by atoms with Crippen LogP contribution in [0.2, 0.25) is 0 Å². The van der Waals surface area contributed by atoms with Crippen LogP contribution in [0.25, 0.3) is 22.4 Å². The summed E-state index contributed by atoms with van der Waals surface area (Å²) in [6.45, 7) is 2.66. The third-order valence-corrected chi connectivity index (χ3v) is 8.42. The zero-order valence-electron chi connectivity index (χ0n) is 25.8. The number of nitrogens with zero attached hydrogens (tertiary/aromatic N) is 5. The van der Waals surface area contributed by atoms with Crippen LogP contribution >= 0.6 is 0 Å². The standard InChI is InChI=1S/C33H27F6N5O5/c1-17-29(19-10-20(32(34,35)36)13-21(11-19)33(37,38)39)49-31(47)44(17)16-26-22(5-7-28(42-26)43-8-3-9-43)23-12-18(4-6-27(23)45)24-14-41-25(15-40-24)30(46)48-2/h4-7,10-15,17,29,45H,3,8-9,16H2,1-2H3/t17-,29-/m0/s1. The molecule has 49 heavy (non-hydrogen) atoms. The van der Waals surface area contributed by atoms with E-state index in [9.17, 15) is 41.0 Å². The van der Waals surface area contributed by atoms with E-state index in [4.69, 9.17) is 9.72 Å². The summed E-state index contributed by atoms with van der Waals surface area (Å²) in [6, 6.07) is 8.15. The molecule has 0 spiro atoms. The lowest BCUT2D eigenvalue weighted by atomic mass is 9.96. The van der Waals surface area contributed by atoms with Crippen molar-refractivity contribution < 1.29 is 50.5 Å². The lowest BCUT2D eigenvalue weighted by Gasteiger charge is -2.33. The number of carbonyl (C=O) groups is 2. The monoisotopic (exact) mass is 687 g/mol. The van der Waals surface area contributed by atoms with Crippen LogP contribution in [0.4, 0.5) is 37.0 Å². The molecule has 4 heterocycles. The first-order valence-corrected chi connectivity index (χ1v) is 14.9. The van der Waals surface area contributed by atoms with E-state index >= 15 is 0 Å². The minimum absolute atomic E-state index is 0.0111. The second-order valence-electron chi connectivity index (χ2n) is 11.5. The Morgan fingerprint density at radius 1 is 0.959 bits per heavy atom. The number of alkyl halides is 6. The number of pyridine rings is 1. The van der Waals surface area contributed by atoms with Crippen molar-refractivity contribution in [2.24, 2.45) is 0 Å². The molecule has 2 aliphatic heterocycles. The lowest BCUT2D eigenvalue weighted by Crippen LogP contribution is -2.38. The average Bonchev–Trinajstić information content (AvgIpc) is 3.31. The van der Waals surface area contributed by atoms with Crippen LogP contribution in [0.1, 0.15) is 52.3 Å². The van der Waals surface area contributed by atoms with Gasteiger partial charge in [-0.15, -0.1) is 0 Å². The van der Waals surface area contributed by atoms with E-state index in [0.29, 0.717) is 40.3 Å². The minimum Gasteiger partial charge on any atom is -0.507 e. The van der Waals surface area contributed by atoms with Crippen molar-refractivity contribution in [1.29, 1.82) is 0 Å². The number of cyclic esters (lactones) is 1. The molecule has 2 aromatic heterocycles. The van der Waals surface area contributed by atoms with Gasteiger partial charge in [-0.25, -0.2) is 19.6 Å². The Morgan fingerprint density at radius 3 is 2.22 bits per heavy atom. The maximum absolute atomic E-state index is 13.6. The molecule has 0 radical (unpaired) electrons. The number of halogens is 6. The second-order valence-corrected chi connectivity index (χ2v) is 11.5. The van der Waals surface area contributed by atoms with Crippen LogP contribution in [0.5, 0.6) is 5.75 Å². The molecule has 2 fully saturated rings. The number of amides is 1. The molecule has 0 unspecified atom stereocenters. The number of aromatic hydroxyl groups is 1. The number of phenolic OH excluding ortho intramolecular Hbond substituents is 1. The molecule has 6 rings (SSSR count). The van der Waals surface area contributed by atoms with Gasteiger partial charge in [-0.05, 0) is 67.4 Å². The van der Waals surface area contributed by atoms with E-state index in [-0.39, 0.29) is 29.7 Å². The molecule has 2 aromatic carbocycles. The van der Waals surface area contributed by atoms with E-state index in [2.05, 4.69) is 14.7 Å². The fourth-order valence-corrected chi connectivity index (χ4v) is 5.64. The molecule has 2 atom stereocenters. The summed E-state index contributed by atoms with van der Waals surface area (Å²) < 4.78 is 91.6. The SMILES string of the molecule is COC(=O)c1cnc(-c2ccc(O)c(-c3ccc(N4CCC4)nc3CN3C(=O)O[C@H](c4cc(C(F)(F)F)cc(C(F)(F)F)c4)[C@@H]3C)c2)cn1. The quantitative estimate of drug-likeness (QED) is 0.161. The predicted molar refractivity (Wildman–Crippen MR) is 161 cm³/mol. The Labute approximate surface area is 274 Å². The van der Waals surface area contributed by atoms with E-state index < -0.39 is 53.3 Å². The van der Waals surface area contributed by atoms with E-state index in [1.54, 1.807) is 24.3 Å². The number of phenols is 1. The third-order valence-electron chi connectivity index (χ3n) is 8.42. The average molecular weight is 688 g/mol. The van der Waals surface area contributed by atoms with Gasteiger partial charge in [0.25, 0.3) is 0 Å². The van der Waals surface area contributed by atoms with Crippen LogP contribution < -0.4 is 4.90 Å². The Bertz CT molecular complexity index is 1880. The highest BCUT2D eigenvalue weighted by molar-refractivity contribution is 5.87. The second kappa shape index (κ2) is 12.6. The van der Waals surface area contributed by atoms with Gasteiger partial charge in [-0.3, -0.25) is 9.88 Å². The van der Waals surface area contributed by atoms with Gasteiger partial charge in [0.15, 0.2) is 5.69 Å². The molecule has 0 bridgehead atoms. The first-order valence-electron chi connectivity index (χ1n) is 14.9. The van der Waals surface area contributed by atoms with Crippen molar-refractivity contribution in [2.75, 3.05) is 25.1 Å². The molecule has 4 aromatic rings. The summed E-state index contributed by atoms with van der Waals surface area (Å²) >= 11 is 0. The number of hydrogen-bond donors (Lipinski definition) is 1. The van der Waals surface area contributed by atoms with E-state index in [1.807, 2.05) is 4.90 Å². The molecule has 2 aliphatic rings. The number of ether oxygens (including phenoxy) is 2. The van der Waals surface area contributed by atoms with Gasteiger partial charge in [-0.2, -0.15) is 26.3 Å². The summed E-state index contributed by atoms with van der Waals surface area (Å²) in [5.41, 5.74) is -1.68. The smallest absolute Gasteiger partial charge is 0.416 e. The number of esters is 1. The lowest BCUT2D eigenvalue weighted by molar-refractivity contribution is -0.143. The van der Waals surface area contributed by atoms with Crippen LogP contribution in [0, 0.1) is 0 Å². The minimum atomic E-state index is -5.08. The molecule has 256 valence electrons. The van der Waals surface area contributed by atoms with Crippen molar-refractivity contribution in [3.05, 3.63) is 89.0 Å². The summed E-state index contributed by atoms with van der Waals surface area (Å²) in [6.07, 6.45) is -9.06. The molecule has 1 N–H and O–H groups in total.